The Labute approximate surface area is 120 Å². The third kappa shape index (κ3) is 4.27. The maximum atomic E-state index is 6.18. The molecule has 1 nitrogen and oxygen atoms in total. The minimum absolute atomic E-state index is 0.893. The molecule has 1 unspecified atom stereocenters. The fourth-order valence-corrected chi connectivity index (χ4v) is 11.0. The Bertz CT molecular complexity index is 349. The molecule has 1 aromatic rings. The van der Waals surface area contributed by atoms with Gasteiger partial charge in [-0.2, -0.15) is 0 Å². The normalized spacial score (nSPS) is 12.7. The van der Waals surface area contributed by atoms with Gasteiger partial charge in [0.1, 0.15) is 0 Å². The van der Waals surface area contributed by atoms with Crippen LogP contribution in [0.5, 0.6) is 0 Å². The van der Waals surface area contributed by atoms with Crippen LogP contribution < -0.4 is 3.58 Å². The first-order chi connectivity index (χ1) is 8.78. The van der Waals surface area contributed by atoms with Gasteiger partial charge in [-0.15, -0.1) is 0 Å². The Morgan fingerprint density at radius 2 is 1.83 bits per heavy atom. The summed E-state index contributed by atoms with van der Waals surface area (Å²) < 4.78 is 9.17. The van der Waals surface area contributed by atoms with Gasteiger partial charge in [-0.05, 0) is 0 Å². The van der Waals surface area contributed by atoms with Gasteiger partial charge in [0.05, 0.1) is 0 Å². The molecule has 1 atom stereocenters. The van der Waals surface area contributed by atoms with Crippen molar-refractivity contribution in [3.8, 4) is 0 Å². The molecule has 0 radical (unpaired) electrons. The second-order valence-corrected chi connectivity index (χ2v) is 11.9. The first kappa shape index (κ1) is 16.0. The van der Waals surface area contributed by atoms with Gasteiger partial charge in [0.25, 0.3) is 0 Å². The molecular weight excluding hydrogens is 327 g/mol. The van der Waals surface area contributed by atoms with Crippen LogP contribution in [0.15, 0.2) is 18.2 Å². The summed E-state index contributed by atoms with van der Waals surface area (Å²) in [7, 11) is 0. The number of hydrogen-bond donors (Lipinski definition) is 0. The Morgan fingerprint density at radius 3 is 2.39 bits per heavy atom. The van der Waals surface area contributed by atoms with E-state index in [-0.39, 0.29) is 0 Å². The number of rotatable bonds is 8. The van der Waals surface area contributed by atoms with Crippen LogP contribution in [-0.2, 0) is 15.9 Å². The van der Waals surface area contributed by atoms with E-state index in [2.05, 4.69) is 45.9 Å². The fraction of sp³-hybridized carbons (Fsp3) is 0.625. The van der Waals surface area contributed by atoms with Crippen molar-refractivity contribution >= 4 is 23.8 Å². The van der Waals surface area contributed by atoms with Crippen molar-refractivity contribution in [3.63, 3.8) is 0 Å². The average molecular weight is 355 g/mol. The van der Waals surface area contributed by atoms with E-state index in [0.717, 1.165) is 19.4 Å². The van der Waals surface area contributed by atoms with Crippen molar-refractivity contribution in [2.24, 2.45) is 0 Å². The molecule has 0 heterocycles. The molecule has 2 heteroatoms. The van der Waals surface area contributed by atoms with Gasteiger partial charge < -0.3 is 0 Å². The maximum absolute atomic E-state index is 6.18. The second kappa shape index (κ2) is 8.97. The second-order valence-electron chi connectivity index (χ2n) is 4.78. The predicted molar refractivity (Wildman–Crippen MR) is 83.3 cm³/mol. The first-order valence-corrected chi connectivity index (χ1v) is 12.8. The van der Waals surface area contributed by atoms with E-state index in [9.17, 15) is 0 Å². The van der Waals surface area contributed by atoms with E-state index in [1.54, 1.807) is 9.14 Å². The van der Waals surface area contributed by atoms with Crippen LogP contribution in [0, 0.1) is 0 Å². The molecule has 0 aliphatic heterocycles. The van der Waals surface area contributed by atoms with Crippen molar-refractivity contribution < 1.29 is 3.07 Å². The molecule has 0 fully saturated rings. The summed E-state index contributed by atoms with van der Waals surface area (Å²) >= 11 is -1.98. The average Bonchev–Trinajstić information content (AvgIpc) is 2.42. The molecule has 0 bridgehead atoms. The number of unbranched alkanes of at least 4 members (excludes halogenated alkanes) is 1. The number of aryl methyl sites for hydroxylation is 1. The summed E-state index contributed by atoms with van der Waals surface area (Å²) in [6.45, 7) is 9.86. The van der Waals surface area contributed by atoms with Gasteiger partial charge in [0.2, 0.25) is 0 Å². The summed E-state index contributed by atoms with van der Waals surface area (Å²) in [5, 5.41) is 0. The molecule has 0 aliphatic carbocycles. The van der Waals surface area contributed by atoms with Gasteiger partial charge in [0, 0.05) is 0 Å². The third-order valence-electron chi connectivity index (χ3n) is 3.58. The van der Waals surface area contributed by atoms with Crippen LogP contribution in [0.4, 0.5) is 0 Å². The Balaban J connectivity index is 3.01. The van der Waals surface area contributed by atoms with Gasteiger partial charge in [-0.25, -0.2) is 0 Å². The topological polar surface area (TPSA) is 9.23 Å². The van der Waals surface area contributed by atoms with Crippen LogP contribution >= 0.6 is 0 Å². The van der Waals surface area contributed by atoms with Crippen molar-refractivity contribution in [1.29, 1.82) is 0 Å². The van der Waals surface area contributed by atoms with Crippen LogP contribution in [0.25, 0.3) is 0 Å². The Hall–Kier alpha value is -0.0213. The molecule has 0 saturated carbocycles. The minimum atomic E-state index is -1.98. The quantitative estimate of drug-likeness (QED) is 0.648. The van der Waals surface area contributed by atoms with Crippen LogP contribution in [-0.4, -0.2) is 26.8 Å². The molecule has 1 aromatic carbocycles. The number of benzene rings is 1. The van der Waals surface area contributed by atoms with E-state index in [4.69, 9.17) is 3.07 Å². The molecule has 0 aromatic heterocycles. The van der Waals surface area contributed by atoms with Gasteiger partial charge in [0.15, 0.2) is 0 Å². The van der Waals surface area contributed by atoms with E-state index in [1.807, 2.05) is 0 Å². The van der Waals surface area contributed by atoms with Crippen molar-refractivity contribution in [2.75, 3.05) is 6.61 Å². The van der Waals surface area contributed by atoms with Gasteiger partial charge >= 0.3 is 121 Å². The molecule has 1 rings (SSSR count). The number of hydrogen-bond acceptors (Lipinski definition) is 1. The third-order valence-corrected chi connectivity index (χ3v) is 11.9. The molecule has 0 spiro atoms. The van der Waals surface area contributed by atoms with Crippen molar-refractivity contribution in [3.05, 3.63) is 29.3 Å². The predicted octanol–water partition coefficient (Wildman–Crippen LogP) is 3.58. The zero-order valence-corrected chi connectivity index (χ0v) is 15.8. The van der Waals surface area contributed by atoms with Gasteiger partial charge in [-0.1, -0.05) is 0 Å². The SMILES string of the molecule is CCC[CH2][SnH]([O]CC)[c]1cccc(CC)c1CC. The van der Waals surface area contributed by atoms with Crippen molar-refractivity contribution in [1.82, 2.24) is 0 Å². The molecule has 0 N–H and O–H groups in total. The molecule has 102 valence electrons. The Morgan fingerprint density at radius 1 is 1.06 bits per heavy atom. The van der Waals surface area contributed by atoms with Crippen molar-refractivity contribution in [2.45, 2.75) is 57.8 Å². The monoisotopic (exact) mass is 356 g/mol. The van der Waals surface area contributed by atoms with E-state index < -0.39 is 20.2 Å². The van der Waals surface area contributed by atoms with E-state index in [0.29, 0.717) is 0 Å². The Kier molecular flexibility index (Phi) is 7.99. The summed E-state index contributed by atoms with van der Waals surface area (Å²) in [5.74, 6) is 0. The zero-order valence-electron chi connectivity index (χ0n) is 12.5. The van der Waals surface area contributed by atoms with Crippen LogP contribution in [0.2, 0.25) is 4.44 Å². The molecular formula is C16H28OSn. The summed E-state index contributed by atoms with van der Waals surface area (Å²) in [5.41, 5.74) is 3.14. The van der Waals surface area contributed by atoms with E-state index >= 15 is 0 Å². The summed E-state index contributed by atoms with van der Waals surface area (Å²) in [4.78, 5) is 0. The molecule has 0 aliphatic rings. The first-order valence-electron chi connectivity index (χ1n) is 7.50. The van der Waals surface area contributed by atoms with Crippen LogP contribution in [0.3, 0.4) is 0 Å². The standard InChI is InChI=1S/C10H13.C4H9.C2H5O.Sn.H/c1-3-9-7-5-6-8-10(9)4-2;1-3-4-2;1-2-3;;/h5-7H,3-4H2,1-2H3;1,3-4H2,2H3;2H2,1H3;;/q;;-1;+1;. The molecule has 0 amide bonds. The van der Waals surface area contributed by atoms with Gasteiger partial charge in [-0.3, -0.25) is 0 Å². The summed E-state index contributed by atoms with van der Waals surface area (Å²) in [6, 6.07) is 6.88. The van der Waals surface area contributed by atoms with E-state index in [1.165, 1.54) is 22.8 Å². The summed E-state index contributed by atoms with van der Waals surface area (Å²) in [6.07, 6.45) is 4.93. The fourth-order valence-electron chi connectivity index (χ4n) is 2.64. The molecule has 0 saturated heterocycles. The molecule has 18 heavy (non-hydrogen) atoms. The zero-order chi connectivity index (χ0) is 13.4. The van der Waals surface area contributed by atoms with Crippen LogP contribution in [0.1, 0.15) is 51.7 Å².